The quantitative estimate of drug-likeness (QED) is 0.855. The number of carbonyl (C=O) groups is 1. The van der Waals surface area contributed by atoms with Gasteiger partial charge in [0.2, 0.25) is 0 Å². The molecule has 1 saturated heterocycles. The molecule has 0 radical (unpaired) electrons. The van der Waals surface area contributed by atoms with Gasteiger partial charge in [0.1, 0.15) is 17.3 Å². The second-order valence-electron chi connectivity index (χ2n) is 5.69. The molecule has 2 aliphatic heterocycles. The maximum absolute atomic E-state index is 12.7. The van der Waals surface area contributed by atoms with Gasteiger partial charge in [0, 0.05) is 20.6 Å². The Morgan fingerprint density at radius 1 is 1.27 bits per heavy atom. The highest BCUT2D eigenvalue weighted by molar-refractivity contribution is 6.01. The molecule has 1 aromatic rings. The number of ether oxygens (including phenoxy) is 1. The largest absolute Gasteiger partial charge is 0.466 e. The molecule has 22 heavy (non-hydrogen) atoms. The second-order valence-corrected chi connectivity index (χ2v) is 5.69. The SMILES string of the molecule is C=C1OC(=C)C1CCCN1C(=C)N(C)c2ncn(C)c2C1=O. The van der Waals surface area contributed by atoms with Crippen LogP contribution in [0.3, 0.4) is 0 Å². The van der Waals surface area contributed by atoms with Gasteiger partial charge in [-0.05, 0) is 12.8 Å². The topological polar surface area (TPSA) is 50.6 Å². The second kappa shape index (κ2) is 5.05. The summed E-state index contributed by atoms with van der Waals surface area (Å²) in [5.41, 5.74) is 0.593. The molecule has 6 nitrogen and oxygen atoms in total. The third kappa shape index (κ3) is 2.03. The molecule has 0 aliphatic carbocycles. The summed E-state index contributed by atoms with van der Waals surface area (Å²) >= 11 is 0. The van der Waals surface area contributed by atoms with Crippen LogP contribution < -0.4 is 4.90 Å². The van der Waals surface area contributed by atoms with E-state index >= 15 is 0 Å². The molecule has 0 atom stereocenters. The van der Waals surface area contributed by atoms with Crippen molar-refractivity contribution in [1.82, 2.24) is 14.5 Å². The average molecular weight is 300 g/mol. The van der Waals surface area contributed by atoms with Gasteiger partial charge in [-0.2, -0.15) is 0 Å². The first-order valence-corrected chi connectivity index (χ1v) is 7.23. The summed E-state index contributed by atoms with van der Waals surface area (Å²) in [7, 11) is 3.70. The lowest BCUT2D eigenvalue weighted by molar-refractivity contribution is 0.0773. The van der Waals surface area contributed by atoms with Gasteiger partial charge < -0.3 is 14.2 Å². The Labute approximate surface area is 130 Å². The van der Waals surface area contributed by atoms with Gasteiger partial charge in [-0.15, -0.1) is 0 Å². The first-order valence-electron chi connectivity index (χ1n) is 7.23. The Bertz CT molecular complexity index is 674. The van der Waals surface area contributed by atoms with E-state index < -0.39 is 0 Å². The summed E-state index contributed by atoms with van der Waals surface area (Å²) in [5, 5.41) is 0. The smallest absolute Gasteiger partial charge is 0.279 e. The van der Waals surface area contributed by atoms with Crippen LogP contribution in [-0.4, -0.2) is 34.0 Å². The van der Waals surface area contributed by atoms with Gasteiger partial charge in [-0.1, -0.05) is 19.7 Å². The summed E-state index contributed by atoms with van der Waals surface area (Å²) in [6.07, 6.45) is 3.35. The predicted octanol–water partition coefficient (Wildman–Crippen LogP) is 2.24. The maximum Gasteiger partial charge on any atom is 0.279 e. The van der Waals surface area contributed by atoms with E-state index in [1.165, 1.54) is 0 Å². The Kier molecular flexibility index (Phi) is 3.31. The monoisotopic (exact) mass is 300 g/mol. The van der Waals surface area contributed by atoms with E-state index in [9.17, 15) is 4.79 Å². The lowest BCUT2D eigenvalue weighted by Crippen LogP contribution is -2.43. The molecule has 3 rings (SSSR count). The van der Waals surface area contributed by atoms with Crippen molar-refractivity contribution < 1.29 is 9.53 Å². The van der Waals surface area contributed by atoms with Crippen molar-refractivity contribution in [1.29, 1.82) is 0 Å². The number of hydrogen-bond acceptors (Lipinski definition) is 4. The number of aromatic nitrogens is 2. The minimum Gasteiger partial charge on any atom is -0.466 e. The molecule has 0 saturated carbocycles. The minimum atomic E-state index is -0.0550. The number of nitrogens with zero attached hydrogens (tertiary/aromatic N) is 4. The molecule has 0 N–H and O–H groups in total. The fourth-order valence-electron chi connectivity index (χ4n) is 2.90. The summed E-state index contributed by atoms with van der Waals surface area (Å²) in [5.74, 6) is 2.99. The zero-order valence-corrected chi connectivity index (χ0v) is 13.0. The van der Waals surface area contributed by atoms with Crippen LogP contribution in [0.4, 0.5) is 5.82 Å². The maximum atomic E-state index is 12.7. The molecular weight excluding hydrogens is 280 g/mol. The molecule has 0 aromatic carbocycles. The first kappa shape index (κ1) is 14.4. The van der Waals surface area contributed by atoms with Crippen molar-refractivity contribution >= 4 is 11.7 Å². The zero-order valence-electron chi connectivity index (χ0n) is 13.0. The summed E-state index contributed by atoms with van der Waals surface area (Å²) in [6, 6.07) is 0. The molecule has 6 heteroatoms. The van der Waals surface area contributed by atoms with Crippen LogP contribution in [0.15, 0.2) is 43.4 Å². The fraction of sp³-hybridized carbons (Fsp3) is 0.375. The Morgan fingerprint density at radius 3 is 2.59 bits per heavy atom. The third-order valence-electron chi connectivity index (χ3n) is 4.30. The van der Waals surface area contributed by atoms with Crippen LogP contribution in [0.2, 0.25) is 0 Å². The highest BCUT2D eigenvalue weighted by atomic mass is 16.5. The highest BCUT2D eigenvalue weighted by Crippen LogP contribution is 2.37. The van der Waals surface area contributed by atoms with Gasteiger partial charge in [0.25, 0.3) is 5.91 Å². The average Bonchev–Trinajstić information content (AvgIpc) is 2.86. The number of amides is 1. The van der Waals surface area contributed by atoms with Crippen LogP contribution in [-0.2, 0) is 11.8 Å². The summed E-state index contributed by atoms with van der Waals surface area (Å²) < 4.78 is 6.95. The van der Waals surface area contributed by atoms with E-state index in [-0.39, 0.29) is 11.8 Å². The summed E-state index contributed by atoms with van der Waals surface area (Å²) in [4.78, 5) is 20.5. The van der Waals surface area contributed by atoms with Crippen LogP contribution in [0.5, 0.6) is 0 Å². The Balaban J connectivity index is 1.70. The molecule has 0 unspecified atom stereocenters. The lowest BCUT2D eigenvalue weighted by atomic mass is 9.95. The first-order chi connectivity index (χ1) is 10.4. The van der Waals surface area contributed by atoms with Crippen molar-refractivity contribution in [2.75, 3.05) is 18.5 Å². The van der Waals surface area contributed by atoms with Crippen molar-refractivity contribution in [3.05, 3.63) is 49.1 Å². The van der Waals surface area contributed by atoms with Crippen molar-refractivity contribution in [3.63, 3.8) is 0 Å². The van der Waals surface area contributed by atoms with E-state index in [0.29, 0.717) is 23.9 Å². The van der Waals surface area contributed by atoms with E-state index in [1.54, 1.807) is 15.8 Å². The molecule has 1 fully saturated rings. The Morgan fingerprint density at radius 2 is 1.95 bits per heavy atom. The van der Waals surface area contributed by atoms with Crippen molar-refractivity contribution in [2.45, 2.75) is 12.8 Å². The number of anilines is 1. The van der Waals surface area contributed by atoms with Crippen LogP contribution in [0.1, 0.15) is 23.3 Å². The van der Waals surface area contributed by atoms with E-state index in [1.807, 2.05) is 19.0 Å². The molecule has 2 aliphatic rings. The van der Waals surface area contributed by atoms with E-state index in [4.69, 9.17) is 4.74 Å². The molecule has 0 spiro atoms. The summed E-state index contributed by atoms with van der Waals surface area (Å²) in [6.45, 7) is 12.3. The van der Waals surface area contributed by atoms with E-state index in [2.05, 4.69) is 24.7 Å². The Hall–Kier alpha value is -2.50. The van der Waals surface area contributed by atoms with Gasteiger partial charge in [-0.25, -0.2) is 4.98 Å². The fourth-order valence-corrected chi connectivity index (χ4v) is 2.90. The highest BCUT2D eigenvalue weighted by Gasteiger charge is 2.35. The molecule has 1 amide bonds. The van der Waals surface area contributed by atoms with Gasteiger partial charge in [0.15, 0.2) is 11.5 Å². The molecule has 3 heterocycles. The van der Waals surface area contributed by atoms with Gasteiger partial charge in [0.05, 0.1) is 12.2 Å². The number of hydrogen-bond donors (Lipinski definition) is 0. The van der Waals surface area contributed by atoms with Crippen LogP contribution in [0, 0.1) is 5.92 Å². The molecule has 0 bridgehead atoms. The standard InChI is InChI=1S/C16H20N4O2/c1-10-13(11(2)22-10)7-6-8-20-12(3)19(5)15-14(16(20)21)18(4)9-17-15/h9,13H,1-3,6-8H2,4-5H3. The van der Waals surface area contributed by atoms with Crippen molar-refractivity contribution in [2.24, 2.45) is 13.0 Å². The van der Waals surface area contributed by atoms with Crippen molar-refractivity contribution in [3.8, 4) is 0 Å². The lowest BCUT2D eigenvalue weighted by Gasteiger charge is -2.36. The van der Waals surface area contributed by atoms with Crippen LogP contribution >= 0.6 is 0 Å². The number of fused-ring (bicyclic) bond motifs is 1. The van der Waals surface area contributed by atoms with Gasteiger partial charge in [-0.3, -0.25) is 9.69 Å². The third-order valence-corrected chi connectivity index (χ3v) is 4.30. The zero-order chi connectivity index (χ0) is 16.0. The van der Waals surface area contributed by atoms with Gasteiger partial charge >= 0.3 is 0 Å². The molecule has 116 valence electrons. The predicted molar refractivity (Wildman–Crippen MR) is 83.9 cm³/mol. The van der Waals surface area contributed by atoms with E-state index in [0.717, 1.165) is 24.4 Å². The number of carbonyl (C=O) groups excluding carboxylic acids is 1. The normalized spacial score (nSPS) is 18.5. The number of imidazole rings is 1. The minimum absolute atomic E-state index is 0.0550. The number of aryl methyl sites for hydroxylation is 1. The molecular formula is C16H20N4O2. The molecule has 1 aromatic heterocycles. The number of rotatable bonds is 4. The van der Waals surface area contributed by atoms with Crippen LogP contribution in [0.25, 0.3) is 0 Å².